The van der Waals surface area contributed by atoms with Crippen molar-refractivity contribution >= 4 is 16.7 Å². The molecule has 1 fully saturated rings. The van der Waals surface area contributed by atoms with Gasteiger partial charge in [-0.05, 0) is 18.6 Å². The van der Waals surface area contributed by atoms with Crippen LogP contribution in [0, 0.1) is 0 Å². The zero-order chi connectivity index (χ0) is 15.8. The van der Waals surface area contributed by atoms with Gasteiger partial charge in [0.05, 0.1) is 30.8 Å². The number of nitrogens with zero attached hydrogens (tertiary/aromatic N) is 2. The molecule has 3 heterocycles. The van der Waals surface area contributed by atoms with Crippen LogP contribution in [0.2, 0.25) is 0 Å². The second-order valence-corrected chi connectivity index (χ2v) is 5.77. The number of methoxy groups -OCH3 is 1. The summed E-state index contributed by atoms with van der Waals surface area (Å²) in [4.78, 5) is 9.95. The highest BCUT2D eigenvalue weighted by molar-refractivity contribution is 6.03. The van der Waals surface area contributed by atoms with Gasteiger partial charge < -0.3 is 19.7 Å². The van der Waals surface area contributed by atoms with Gasteiger partial charge in [0, 0.05) is 30.1 Å². The standard InChI is InChI=1S/C18H19N3O2/c1-23-16-5-3-2-4-13(16)14-10-20-18-17(14)15(6-8-19-18)21-9-7-12(21)11-22/h2-6,8,10,12,22H,7,9,11H2,1H3,(H,19,20). The van der Waals surface area contributed by atoms with Gasteiger partial charge in [0.25, 0.3) is 0 Å². The van der Waals surface area contributed by atoms with Crippen LogP contribution >= 0.6 is 0 Å². The zero-order valence-electron chi connectivity index (χ0n) is 13.0. The molecule has 5 heteroatoms. The Balaban J connectivity index is 1.92. The Morgan fingerprint density at radius 1 is 1.30 bits per heavy atom. The topological polar surface area (TPSA) is 61.4 Å². The van der Waals surface area contributed by atoms with Gasteiger partial charge in [-0.15, -0.1) is 0 Å². The number of aliphatic hydroxyl groups excluding tert-OH is 1. The minimum Gasteiger partial charge on any atom is -0.496 e. The Morgan fingerprint density at radius 2 is 2.17 bits per heavy atom. The third-order valence-corrected chi connectivity index (χ3v) is 4.61. The summed E-state index contributed by atoms with van der Waals surface area (Å²) in [7, 11) is 1.68. The molecule has 0 bridgehead atoms. The largest absolute Gasteiger partial charge is 0.496 e. The van der Waals surface area contributed by atoms with Crippen LogP contribution in [0.1, 0.15) is 6.42 Å². The quantitative estimate of drug-likeness (QED) is 0.778. The van der Waals surface area contributed by atoms with Gasteiger partial charge in [-0.2, -0.15) is 0 Å². The maximum absolute atomic E-state index is 9.52. The van der Waals surface area contributed by atoms with E-state index in [-0.39, 0.29) is 12.6 Å². The molecule has 2 N–H and O–H groups in total. The zero-order valence-corrected chi connectivity index (χ0v) is 13.0. The molecule has 0 saturated carbocycles. The fourth-order valence-corrected chi connectivity index (χ4v) is 3.31. The van der Waals surface area contributed by atoms with Crippen LogP contribution in [-0.2, 0) is 0 Å². The number of aromatic amines is 1. The summed E-state index contributed by atoms with van der Waals surface area (Å²) in [6, 6.07) is 10.2. The average molecular weight is 309 g/mol. The summed E-state index contributed by atoms with van der Waals surface area (Å²) in [5, 5.41) is 10.6. The summed E-state index contributed by atoms with van der Waals surface area (Å²) in [6.07, 6.45) is 4.81. The Kier molecular flexibility index (Phi) is 3.42. The van der Waals surface area contributed by atoms with Crippen LogP contribution < -0.4 is 9.64 Å². The Hall–Kier alpha value is -2.53. The number of hydrogen-bond acceptors (Lipinski definition) is 4. The molecule has 0 radical (unpaired) electrons. The van der Waals surface area contributed by atoms with Crippen molar-refractivity contribution in [1.29, 1.82) is 0 Å². The van der Waals surface area contributed by atoms with Crippen LogP contribution in [-0.4, -0.2) is 41.4 Å². The second kappa shape index (κ2) is 5.59. The lowest BCUT2D eigenvalue weighted by Crippen LogP contribution is -2.50. The third-order valence-electron chi connectivity index (χ3n) is 4.61. The van der Waals surface area contributed by atoms with Crippen LogP contribution in [0.3, 0.4) is 0 Å². The van der Waals surface area contributed by atoms with E-state index in [0.717, 1.165) is 46.6 Å². The van der Waals surface area contributed by atoms with E-state index in [1.165, 1.54) is 0 Å². The van der Waals surface area contributed by atoms with E-state index in [1.54, 1.807) is 7.11 Å². The number of rotatable bonds is 4. The first-order valence-electron chi connectivity index (χ1n) is 7.80. The molecule has 1 unspecified atom stereocenters. The number of aliphatic hydroxyl groups is 1. The maximum Gasteiger partial charge on any atom is 0.139 e. The second-order valence-electron chi connectivity index (χ2n) is 5.77. The normalized spacial score (nSPS) is 17.3. The molecule has 118 valence electrons. The summed E-state index contributed by atoms with van der Waals surface area (Å²) >= 11 is 0. The first-order chi connectivity index (χ1) is 11.3. The van der Waals surface area contributed by atoms with Crippen molar-refractivity contribution in [3.05, 3.63) is 42.7 Å². The molecular weight excluding hydrogens is 290 g/mol. The van der Waals surface area contributed by atoms with Gasteiger partial charge in [-0.1, -0.05) is 18.2 Å². The van der Waals surface area contributed by atoms with Gasteiger partial charge in [0.15, 0.2) is 0 Å². The number of ether oxygens (including phenoxy) is 1. The number of anilines is 1. The Labute approximate surface area is 134 Å². The molecule has 0 spiro atoms. The number of aromatic nitrogens is 2. The molecular formula is C18H19N3O2. The third kappa shape index (κ3) is 2.16. The highest BCUT2D eigenvalue weighted by Crippen LogP contribution is 2.40. The summed E-state index contributed by atoms with van der Waals surface area (Å²) in [5.41, 5.74) is 4.08. The summed E-state index contributed by atoms with van der Waals surface area (Å²) in [5.74, 6) is 0.838. The van der Waals surface area contributed by atoms with Crippen molar-refractivity contribution in [3.63, 3.8) is 0 Å². The molecule has 1 atom stereocenters. The van der Waals surface area contributed by atoms with Crippen LogP contribution in [0.4, 0.5) is 5.69 Å². The Bertz CT molecular complexity index is 841. The van der Waals surface area contributed by atoms with Gasteiger partial charge in [-0.25, -0.2) is 4.98 Å². The molecule has 1 aliphatic rings. The molecule has 1 aliphatic heterocycles. The maximum atomic E-state index is 9.52. The van der Waals surface area contributed by atoms with E-state index >= 15 is 0 Å². The van der Waals surface area contributed by atoms with Gasteiger partial charge in [0.1, 0.15) is 11.4 Å². The monoisotopic (exact) mass is 309 g/mol. The van der Waals surface area contributed by atoms with Gasteiger partial charge >= 0.3 is 0 Å². The molecule has 5 nitrogen and oxygen atoms in total. The number of benzene rings is 1. The smallest absolute Gasteiger partial charge is 0.139 e. The van der Waals surface area contributed by atoms with Crippen molar-refractivity contribution in [3.8, 4) is 16.9 Å². The molecule has 1 aromatic carbocycles. The highest BCUT2D eigenvalue weighted by Gasteiger charge is 2.29. The summed E-state index contributed by atoms with van der Waals surface area (Å²) < 4.78 is 5.51. The molecule has 1 saturated heterocycles. The highest BCUT2D eigenvalue weighted by atomic mass is 16.5. The van der Waals surface area contributed by atoms with E-state index in [1.807, 2.05) is 36.7 Å². The van der Waals surface area contributed by atoms with Crippen LogP contribution in [0.5, 0.6) is 5.75 Å². The lowest BCUT2D eigenvalue weighted by molar-refractivity contribution is 0.227. The number of pyridine rings is 1. The lowest BCUT2D eigenvalue weighted by atomic mass is 9.99. The fourth-order valence-electron chi connectivity index (χ4n) is 3.31. The predicted molar refractivity (Wildman–Crippen MR) is 90.9 cm³/mol. The summed E-state index contributed by atoms with van der Waals surface area (Å²) in [6.45, 7) is 1.14. The molecule has 23 heavy (non-hydrogen) atoms. The molecule has 0 aliphatic carbocycles. The molecule has 2 aromatic heterocycles. The number of hydrogen-bond donors (Lipinski definition) is 2. The van der Waals surface area contributed by atoms with Crippen molar-refractivity contribution in [2.45, 2.75) is 12.5 Å². The minimum absolute atomic E-state index is 0.179. The van der Waals surface area contributed by atoms with E-state index in [9.17, 15) is 5.11 Å². The molecule has 4 rings (SSSR count). The van der Waals surface area contributed by atoms with Crippen molar-refractivity contribution in [1.82, 2.24) is 9.97 Å². The SMILES string of the molecule is COc1ccccc1-c1c[nH]c2nccc(N3CCC3CO)c12. The average Bonchev–Trinajstić information content (AvgIpc) is 2.99. The van der Waals surface area contributed by atoms with Crippen molar-refractivity contribution in [2.24, 2.45) is 0 Å². The first-order valence-corrected chi connectivity index (χ1v) is 7.80. The van der Waals surface area contributed by atoms with E-state index < -0.39 is 0 Å². The Morgan fingerprint density at radius 3 is 2.91 bits per heavy atom. The number of fused-ring (bicyclic) bond motifs is 1. The number of para-hydroxylation sites is 1. The van der Waals surface area contributed by atoms with Crippen molar-refractivity contribution < 1.29 is 9.84 Å². The number of H-pyrrole nitrogens is 1. The van der Waals surface area contributed by atoms with Gasteiger partial charge in [-0.3, -0.25) is 0 Å². The van der Waals surface area contributed by atoms with E-state index in [2.05, 4.69) is 20.9 Å². The van der Waals surface area contributed by atoms with Gasteiger partial charge in [0.2, 0.25) is 0 Å². The minimum atomic E-state index is 0.179. The number of nitrogens with one attached hydrogen (secondary N) is 1. The van der Waals surface area contributed by atoms with E-state index in [4.69, 9.17) is 4.74 Å². The van der Waals surface area contributed by atoms with Crippen LogP contribution in [0.15, 0.2) is 42.7 Å². The molecule has 3 aromatic rings. The van der Waals surface area contributed by atoms with Crippen LogP contribution in [0.25, 0.3) is 22.2 Å². The molecule has 0 amide bonds. The lowest BCUT2D eigenvalue weighted by Gasteiger charge is -2.42. The predicted octanol–water partition coefficient (Wildman–Crippen LogP) is 2.81. The van der Waals surface area contributed by atoms with E-state index in [0.29, 0.717) is 0 Å². The fraction of sp³-hybridized carbons (Fsp3) is 0.278. The van der Waals surface area contributed by atoms with Crippen molar-refractivity contribution in [2.75, 3.05) is 25.2 Å². The first kappa shape index (κ1) is 14.1.